The van der Waals surface area contributed by atoms with Gasteiger partial charge in [-0.1, -0.05) is 6.92 Å². The standard InChI is InChI=1S/C15H27N3O2/c1-3-14(19)18-8-5-4-6-13(18)15(20)17-9-7-12(11-17)10-16-2/h12-13,16H,3-11H2,1-2H3. The van der Waals surface area contributed by atoms with Crippen LogP contribution in [-0.2, 0) is 9.59 Å². The zero-order valence-electron chi connectivity index (χ0n) is 12.7. The fourth-order valence-corrected chi connectivity index (χ4v) is 3.39. The van der Waals surface area contributed by atoms with E-state index in [1.54, 1.807) is 0 Å². The quantitative estimate of drug-likeness (QED) is 0.831. The highest BCUT2D eigenvalue weighted by molar-refractivity contribution is 5.88. The largest absolute Gasteiger partial charge is 0.341 e. The van der Waals surface area contributed by atoms with Gasteiger partial charge in [0.1, 0.15) is 6.04 Å². The molecule has 5 nitrogen and oxygen atoms in total. The second-order valence-corrected chi connectivity index (χ2v) is 5.95. The summed E-state index contributed by atoms with van der Waals surface area (Å²) in [7, 11) is 1.95. The van der Waals surface area contributed by atoms with Crippen LogP contribution in [0.3, 0.4) is 0 Å². The zero-order chi connectivity index (χ0) is 14.5. The van der Waals surface area contributed by atoms with Crippen LogP contribution in [0.2, 0.25) is 0 Å². The van der Waals surface area contributed by atoms with E-state index in [-0.39, 0.29) is 17.9 Å². The molecule has 2 saturated heterocycles. The van der Waals surface area contributed by atoms with Crippen molar-refractivity contribution in [2.45, 2.75) is 45.1 Å². The molecule has 2 heterocycles. The van der Waals surface area contributed by atoms with E-state index in [1.165, 1.54) is 0 Å². The molecule has 0 spiro atoms. The smallest absolute Gasteiger partial charge is 0.245 e. The van der Waals surface area contributed by atoms with E-state index >= 15 is 0 Å². The minimum Gasteiger partial charge on any atom is -0.341 e. The Kier molecular flexibility index (Phi) is 5.40. The average Bonchev–Trinajstić information content (AvgIpc) is 2.94. The number of nitrogens with zero attached hydrogens (tertiary/aromatic N) is 2. The number of nitrogens with one attached hydrogen (secondary N) is 1. The van der Waals surface area contributed by atoms with E-state index in [4.69, 9.17) is 0 Å². The summed E-state index contributed by atoms with van der Waals surface area (Å²) >= 11 is 0. The summed E-state index contributed by atoms with van der Waals surface area (Å²) in [4.78, 5) is 28.5. The maximum absolute atomic E-state index is 12.7. The number of carbonyl (C=O) groups is 2. The predicted molar refractivity (Wildman–Crippen MR) is 78.3 cm³/mol. The summed E-state index contributed by atoms with van der Waals surface area (Å²) in [6.07, 6.45) is 4.47. The first-order chi connectivity index (χ1) is 9.67. The molecule has 2 unspecified atom stereocenters. The van der Waals surface area contributed by atoms with Gasteiger partial charge in [0, 0.05) is 26.1 Å². The van der Waals surface area contributed by atoms with Crippen LogP contribution >= 0.6 is 0 Å². The minimum absolute atomic E-state index is 0.119. The average molecular weight is 281 g/mol. The molecule has 2 amide bonds. The second-order valence-electron chi connectivity index (χ2n) is 5.95. The maximum atomic E-state index is 12.7. The third-order valence-corrected chi connectivity index (χ3v) is 4.50. The van der Waals surface area contributed by atoms with Crippen molar-refractivity contribution >= 4 is 11.8 Å². The molecule has 0 radical (unpaired) electrons. The molecule has 2 rings (SSSR count). The zero-order valence-corrected chi connectivity index (χ0v) is 12.7. The van der Waals surface area contributed by atoms with Crippen molar-refractivity contribution in [1.82, 2.24) is 15.1 Å². The molecule has 114 valence electrons. The summed E-state index contributed by atoms with van der Waals surface area (Å²) in [5.74, 6) is 0.849. The Morgan fingerprint density at radius 2 is 2.00 bits per heavy atom. The van der Waals surface area contributed by atoms with Crippen LogP contribution in [-0.4, -0.2) is 60.9 Å². The first kappa shape index (κ1) is 15.3. The number of amides is 2. The van der Waals surface area contributed by atoms with E-state index in [9.17, 15) is 9.59 Å². The highest BCUT2D eigenvalue weighted by Crippen LogP contribution is 2.23. The van der Waals surface area contributed by atoms with Crippen LogP contribution < -0.4 is 5.32 Å². The highest BCUT2D eigenvalue weighted by atomic mass is 16.2. The molecule has 0 aromatic rings. The third-order valence-electron chi connectivity index (χ3n) is 4.50. The molecule has 0 saturated carbocycles. The van der Waals surface area contributed by atoms with Crippen molar-refractivity contribution in [3.63, 3.8) is 0 Å². The van der Waals surface area contributed by atoms with E-state index < -0.39 is 0 Å². The summed E-state index contributed by atoms with van der Waals surface area (Å²) in [6, 6.07) is -0.204. The maximum Gasteiger partial charge on any atom is 0.245 e. The van der Waals surface area contributed by atoms with Gasteiger partial charge in [-0.25, -0.2) is 0 Å². The van der Waals surface area contributed by atoms with Gasteiger partial charge in [-0.05, 0) is 45.2 Å². The molecule has 1 N–H and O–H groups in total. The number of hydrogen-bond acceptors (Lipinski definition) is 3. The molecular weight excluding hydrogens is 254 g/mol. The Labute approximate surface area is 121 Å². The summed E-state index contributed by atoms with van der Waals surface area (Å²) in [5.41, 5.74) is 0. The SMILES string of the molecule is CCC(=O)N1CCCCC1C(=O)N1CCC(CNC)C1. The fraction of sp³-hybridized carbons (Fsp3) is 0.867. The molecule has 0 aromatic carbocycles. The van der Waals surface area contributed by atoms with Crippen LogP contribution in [0.25, 0.3) is 0 Å². The third kappa shape index (κ3) is 3.32. The second kappa shape index (κ2) is 7.07. The fourth-order valence-electron chi connectivity index (χ4n) is 3.39. The van der Waals surface area contributed by atoms with E-state index in [0.29, 0.717) is 12.3 Å². The van der Waals surface area contributed by atoms with Gasteiger partial charge in [0.2, 0.25) is 11.8 Å². The van der Waals surface area contributed by atoms with Gasteiger partial charge in [-0.2, -0.15) is 0 Å². The molecule has 20 heavy (non-hydrogen) atoms. The molecule has 5 heteroatoms. The Morgan fingerprint density at radius 3 is 2.70 bits per heavy atom. The van der Waals surface area contributed by atoms with Crippen molar-refractivity contribution in [3.8, 4) is 0 Å². The molecule has 0 aromatic heterocycles. The van der Waals surface area contributed by atoms with E-state index in [0.717, 1.165) is 51.9 Å². The van der Waals surface area contributed by atoms with Crippen LogP contribution in [0.4, 0.5) is 0 Å². The molecule has 0 bridgehead atoms. The lowest BCUT2D eigenvalue weighted by atomic mass is 10.0. The number of likely N-dealkylation sites (tertiary alicyclic amines) is 2. The minimum atomic E-state index is -0.204. The number of carbonyl (C=O) groups excluding carboxylic acids is 2. The summed E-state index contributed by atoms with van der Waals surface area (Å²) in [5, 5.41) is 3.18. The molecule has 0 aliphatic carbocycles. The summed E-state index contributed by atoms with van der Waals surface area (Å²) in [6.45, 7) is 5.26. The molecule has 2 fully saturated rings. The Morgan fingerprint density at radius 1 is 1.20 bits per heavy atom. The van der Waals surface area contributed by atoms with Crippen LogP contribution in [0.5, 0.6) is 0 Å². The molecule has 2 atom stereocenters. The van der Waals surface area contributed by atoms with Crippen molar-refractivity contribution in [2.75, 3.05) is 33.2 Å². The summed E-state index contributed by atoms with van der Waals surface area (Å²) < 4.78 is 0. The number of rotatable bonds is 4. The molecule has 2 aliphatic heterocycles. The normalized spacial score (nSPS) is 26.9. The monoisotopic (exact) mass is 281 g/mol. The Hall–Kier alpha value is -1.10. The number of piperidine rings is 1. The van der Waals surface area contributed by atoms with Gasteiger partial charge in [0.15, 0.2) is 0 Å². The van der Waals surface area contributed by atoms with Gasteiger partial charge in [-0.3, -0.25) is 9.59 Å². The van der Waals surface area contributed by atoms with Gasteiger partial charge in [0.25, 0.3) is 0 Å². The van der Waals surface area contributed by atoms with Crippen LogP contribution in [0.1, 0.15) is 39.0 Å². The van der Waals surface area contributed by atoms with Gasteiger partial charge in [0.05, 0.1) is 0 Å². The van der Waals surface area contributed by atoms with Gasteiger partial charge < -0.3 is 15.1 Å². The van der Waals surface area contributed by atoms with Gasteiger partial charge >= 0.3 is 0 Å². The lowest BCUT2D eigenvalue weighted by Crippen LogP contribution is -2.52. The van der Waals surface area contributed by atoms with Gasteiger partial charge in [-0.15, -0.1) is 0 Å². The Balaban J connectivity index is 1.98. The number of hydrogen-bond donors (Lipinski definition) is 1. The Bertz CT molecular complexity index is 359. The topological polar surface area (TPSA) is 52.7 Å². The predicted octanol–water partition coefficient (Wildman–Crippen LogP) is 0.845. The highest BCUT2D eigenvalue weighted by Gasteiger charge is 2.36. The van der Waals surface area contributed by atoms with E-state index in [2.05, 4.69) is 5.32 Å². The van der Waals surface area contributed by atoms with E-state index in [1.807, 2.05) is 23.8 Å². The van der Waals surface area contributed by atoms with Crippen LogP contribution in [0, 0.1) is 5.92 Å². The molecule has 2 aliphatic rings. The van der Waals surface area contributed by atoms with Crippen molar-refractivity contribution in [2.24, 2.45) is 5.92 Å². The van der Waals surface area contributed by atoms with Crippen molar-refractivity contribution in [1.29, 1.82) is 0 Å². The van der Waals surface area contributed by atoms with Crippen LogP contribution in [0.15, 0.2) is 0 Å². The first-order valence-electron chi connectivity index (χ1n) is 7.90. The lowest BCUT2D eigenvalue weighted by Gasteiger charge is -2.36. The lowest BCUT2D eigenvalue weighted by molar-refractivity contribution is -0.147. The first-order valence-corrected chi connectivity index (χ1v) is 7.90. The molecular formula is C15H27N3O2. The van der Waals surface area contributed by atoms with Crippen molar-refractivity contribution in [3.05, 3.63) is 0 Å². The van der Waals surface area contributed by atoms with Crippen molar-refractivity contribution < 1.29 is 9.59 Å².